The van der Waals surface area contributed by atoms with Gasteiger partial charge in [-0.15, -0.1) is 0 Å². The zero-order chi connectivity index (χ0) is 11.2. The van der Waals surface area contributed by atoms with E-state index in [1.54, 1.807) is 0 Å². The smallest absolute Gasteiger partial charge is 0.158 e. The van der Waals surface area contributed by atoms with Crippen LogP contribution in [0.2, 0.25) is 0 Å². The topological polar surface area (TPSA) is 18.5 Å². The van der Waals surface area contributed by atoms with E-state index >= 15 is 0 Å². The summed E-state index contributed by atoms with van der Waals surface area (Å²) in [6.45, 7) is 3.01. The SMILES string of the molecule is CCCCC1OCCC(c2ccccc2)O1. The predicted octanol–water partition coefficient (Wildman–Crippen LogP) is 3.68. The molecule has 0 spiro atoms. The van der Waals surface area contributed by atoms with Crippen LogP contribution < -0.4 is 0 Å². The molecule has 2 atom stereocenters. The Balaban J connectivity index is 1.91. The monoisotopic (exact) mass is 220 g/mol. The number of hydrogen-bond donors (Lipinski definition) is 0. The second-order valence-corrected chi connectivity index (χ2v) is 4.27. The highest BCUT2D eigenvalue weighted by atomic mass is 16.7. The number of ether oxygens (including phenoxy) is 2. The van der Waals surface area contributed by atoms with Crippen molar-refractivity contribution in [2.24, 2.45) is 0 Å². The molecule has 1 aromatic rings. The van der Waals surface area contributed by atoms with Gasteiger partial charge in [-0.1, -0.05) is 43.7 Å². The van der Waals surface area contributed by atoms with Crippen LogP contribution in [0.25, 0.3) is 0 Å². The lowest BCUT2D eigenvalue weighted by Gasteiger charge is -2.30. The Labute approximate surface area is 97.6 Å². The maximum atomic E-state index is 5.95. The zero-order valence-corrected chi connectivity index (χ0v) is 9.89. The molecule has 2 unspecified atom stereocenters. The predicted molar refractivity (Wildman–Crippen MR) is 64.2 cm³/mol. The summed E-state index contributed by atoms with van der Waals surface area (Å²) in [5, 5.41) is 0. The molecule has 0 bridgehead atoms. The van der Waals surface area contributed by atoms with E-state index in [9.17, 15) is 0 Å². The van der Waals surface area contributed by atoms with Gasteiger partial charge in [-0.2, -0.15) is 0 Å². The van der Waals surface area contributed by atoms with Gasteiger partial charge in [-0.3, -0.25) is 0 Å². The summed E-state index contributed by atoms with van der Waals surface area (Å²) in [5.74, 6) is 0. The molecule has 0 amide bonds. The van der Waals surface area contributed by atoms with Gasteiger partial charge in [-0.05, 0) is 18.4 Å². The van der Waals surface area contributed by atoms with Gasteiger partial charge in [0.2, 0.25) is 0 Å². The van der Waals surface area contributed by atoms with Crippen LogP contribution in [-0.4, -0.2) is 12.9 Å². The summed E-state index contributed by atoms with van der Waals surface area (Å²) >= 11 is 0. The van der Waals surface area contributed by atoms with E-state index < -0.39 is 0 Å². The van der Waals surface area contributed by atoms with Crippen LogP contribution in [0.1, 0.15) is 44.3 Å². The normalized spacial score (nSPS) is 25.6. The minimum atomic E-state index is -0.00101. The summed E-state index contributed by atoms with van der Waals surface area (Å²) in [6.07, 6.45) is 4.56. The Hall–Kier alpha value is -0.860. The van der Waals surface area contributed by atoms with Crippen LogP contribution in [0, 0.1) is 0 Å². The van der Waals surface area contributed by atoms with Gasteiger partial charge in [0.1, 0.15) is 0 Å². The second-order valence-electron chi connectivity index (χ2n) is 4.27. The first-order valence-corrected chi connectivity index (χ1v) is 6.22. The highest BCUT2D eigenvalue weighted by molar-refractivity contribution is 5.17. The van der Waals surface area contributed by atoms with Crippen molar-refractivity contribution in [3.05, 3.63) is 35.9 Å². The van der Waals surface area contributed by atoms with Crippen LogP contribution in [0.5, 0.6) is 0 Å². The summed E-state index contributed by atoms with van der Waals surface area (Å²) in [5.41, 5.74) is 1.27. The van der Waals surface area contributed by atoms with Gasteiger partial charge >= 0.3 is 0 Å². The van der Waals surface area contributed by atoms with Gasteiger partial charge in [0.15, 0.2) is 6.29 Å². The van der Waals surface area contributed by atoms with E-state index in [4.69, 9.17) is 9.47 Å². The largest absolute Gasteiger partial charge is 0.353 e. The third-order valence-corrected chi connectivity index (χ3v) is 2.96. The standard InChI is InChI=1S/C14H20O2/c1-2-3-9-14-15-11-10-13(16-14)12-7-5-4-6-8-12/h4-8,13-14H,2-3,9-11H2,1H3. The molecule has 2 heteroatoms. The quantitative estimate of drug-likeness (QED) is 0.770. The third kappa shape index (κ3) is 3.06. The molecule has 0 radical (unpaired) electrons. The lowest BCUT2D eigenvalue weighted by atomic mass is 10.1. The second kappa shape index (κ2) is 6.02. The first-order valence-electron chi connectivity index (χ1n) is 6.22. The van der Waals surface area contributed by atoms with Crippen LogP contribution in [0.3, 0.4) is 0 Å². The van der Waals surface area contributed by atoms with E-state index in [0.29, 0.717) is 0 Å². The molecule has 0 N–H and O–H groups in total. The van der Waals surface area contributed by atoms with Gasteiger partial charge < -0.3 is 9.47 Å². The molecule has 1 heterocycles. The summed E-state index contributed by atoms with van der Waals surface area (Å²) in [4.78, 5) is 0. The van der Waals surface area contributed by atoms with Crippen LogP contribution >= 0.6 is 0 Å². The molecule has 0 aliphatic carbocycles. The minimum absolute atomic E-state index is 0.00101. The Morgan fingerprint density at radius 2 is 2.06 bits per heavy atom. The van der Waals surface area contributed by atoms with E-state index in [1.807, 2.05) is 6.07 Å². The third-order valence-electron chi connectivity index (χ3n) is 2.96. The lowest BCUT2D eigenvalue weighted by molar-refractivity contribution is -0.217. The summed E-state index contributed by atoms with van der Waals surface area (Å²) in [7, 11) is 0. The highest BCUT2D eigenvalue weighted by Gasteiger charge is 2.23. The van der Waals surface area contributed by atoms with E-state index in [2.05, 4.69) is 31.2 Å². The van der Waals surface area contributed by atoms with E-state index in [-0.39, 0.29) is 12.4 Å². The van der Waals surface area contributed by atoms with Crippen molar-refractivity contribution < 1.29 is 9.47 Å². The molecule has 2 nitrogen and oxygen atoms in total. The highest BCUT2D eigenvalue weighted by Crippen LogP contribution is 2.28. The fourth-order valence-corrected chi connectivity index (χ4v) is 2.03. The lowest BCUT2D eigenvalue weighted by Crippen LogP contribution is -2.27. The average molecular weight is 220 g/mol. The fraction of sp³-hybridized carbons (Fsp3) is 0.571. The maximum Gasteiger partial charge on any atom is 0.158 e. The minimum Gasteiger partial charge on any atom is -0.353 e. The molecule has 0 saturated carbocycles. The van der Waals surface area contributed by atoms with Crippen molar-refractivity contribution in [2.75, 3.05) is 6.61 Å². The molecule has 1 fully saturated rings. The van der Waals surface area contributed by atoms with Gasteiger partial charge in [-0.25, -0.2) is 0 Å². The first-order chi connectivity index (χ1) is 7.90. The van der Waals surface area contributed by atoms with Crippen molar-refractivity contribution in [2.45, 2.75) is 45.0 Å². The van der Waals surface area contributed by atoms with Crippen molar-refractivity contribution in [1.29, 1.82) is 0 Å². The molecule has 0 aromatic heterocycles. The van der Waals surface area contributed by atoms with Crippen LogP contribution in [0.15, 0.2) is 30.3 Å². The Bertz CT molecular complexity index is 297. The number of rotatable bonds is 4. The molecule has 1 aromatic carbocycles. The summed E-state index contributed by atoms with van der Waals surface area (Å²) in [6, 6.07) is 10.4. The van der Waals surface area contributed by atoms with Crippen molar-refractivity contribution in [3.8, 4) is 0 Å². The van der Waals surface area contributed by atoms with E-state index in [0.717, 1.165) is 19.4 Å². The van der Waals surface area contributed by atoms with Crippen molar-refractivity contribution >= 4 is 0 Å². The number of benzene rings is 1. The Kier molecular flexibility index (Phi) is 4.37. The Morgan fingerprint density at radius 1 is 1.25 bits per heavy atom. The first kappa shape index (κ1) is 11.6. The fourth-order valence-electron chi connectivity index (χ4n) is 2.03. The Morgan fingerprint density at radius 3 is 2.81 bits per heavy atom. The van der Waals surface area contributed by atoms with Crippen molar-refractivity contribution in [3.63, 3.8) is 0 Å². The molecule has 1 saturated heterocycles. The maximum absolute atomic E-state index is 5.95. The molecule has 1 aliphatic heterocycles. The molecule has 88 valence electrons. The molecular formula is C14H20O2. The zero-order valence-electron chi connectivity index (χ0n) is 9.89. The van der Waals surface area contributed by atoms with Crippen molar-refractivity contribution in [1.82, 2.24) is 0 Å². The van der Waals surface area contributed by atoms with Gasteiger partial charge in [0.25, 0.3) is 0 Å². The molecular weight excluding hydrogens is 200 g/mol. The average Bonchev–Trinajstić information content (AvgIpc) is 2.38. The van der Waals surface area contributed by atoms with Crippen LogP contribution in [-0.2, 0) is 9.47 Å². The molecule has 2 rings (SSSR count). The molecule has 16 heavy (non-hydrogen) atoms. The van der Waals surface area contributed by atoms with E-state index in [1.165, 1.54) is 18.4 Å². The van der Waals surface area contributed by atoms with Gasteiger partial charge in [0, 0.05) is 6.42 Å². The molecule has 1 aliphatic rings. The number of unbranched alkanes of at least 4 members (excludes halogenated alkanes) is 1. The number of hydrogen-bond acceptors (Lipinski definition) is 2. The summed E-state index contributed by atoms with van der Waals surface area (Å²) < 4.78 is 11.6. The van der Waals surface area contributed by atoms with Gasteiger partial charge in [0.05, 0.1) is 12.7 Å². The van der Waals surface area contributed by atoms with Crippen LogP contribution in [0.4, 0.5) is 0 Å².